The lowest BCUT2D eigenvalue weighted by molar-refractivity contribution is -0.118. The summed E-state index contributed by atoms with van der Waals surface area (Å²) in [5.74, 6) is -0.618. The zero-order valence-corrected chi connectivity index (χ0v) is 20.7. The van der Waals surface area contributed by atoms with E-state index in [4.69, 9.17) is 0 Å². The molecule has 0 radical (unpaired) electrons. The summed E-state index contributed by atoms with van der Waals surface area (Å²) in [5, 5.41) is 4.86. The number of rotatable bonds is 7. The van der Waals surface area contributed by atoms with Crippen LogP contribution in [0.2, 0.25) is 0 Å². The summed E-state index contributed by atoms with van der Waals surface area (Å²) in [6, 6.07) is 16.5. The first-order valence-corrected chi connectivity index (χ1v) is 12.6. The van der Waals surface area contributed by atoms with E-state index in [2.05, 4.69) is 31.7 Å². The Morgan fingerprint density at radius 3 is 2.70 bits per heavy atom. The van der Waals surface area contributed by atoms with Gasteiger partial charge in [-0.15, -0.1) is 11.3 Å². The van der Waals surface area contributed by atoms with E-state index in [9.17, 15) is 14.4 Å². The van der Waals surface area contributed by atoms with Gasteiger partial charge < -0.3 is 5.32 Å². The number of nitrogens with zero attached hydrogens (tertiary/aromatic N) is 2. The number of thioether (sulfide) groups is 1. The van der Waals surface area contributed by atoms with Crippen LogP contribution in [0, 0.1) is 6.92 Å². The number of halogens is 1. The molecule has 7 nitrogen and oxygen atoms in total. The fourth-order valence-electron chi connectivity index (χ4n) is 2.97. The molecule has 0 aliphatic heterocycles. The van der Waals surface area contributed by atoms with Crippen molar-refractivity contribution in [3.63, 3.8) is 0 Å². The van der Waals surface area contributed by atoms with Gasteiger partial charge in [-0.2, -0.15) is 4.68 Å². The Kier molecular flexibility index (Phi) is 7.26. The molecule has 0 saturated carbocycles. The van der Waals surface area contributed by atoms with Crippen LogP contribution >= 0.6 is 39.0 Å². The van der Waals surface area contributed by atoms with E-state index in [1.165, 1.54) is 11.3 Å². The van der Waals surface area contributed by atoms with Gasteiger partial charge in [0, 0.05) is 16.6 Å². The molecule has 0 bridgehead atoms. The van der Waals surface area contributed by atoms with E-state index in [-0.39, 0.29) is 22.4 Å². The highest BCUT2D eigenvalue weighted by Gasteiger charge is 2.17. The summed E-state index contributed by atoms with van der Waals surface area (Å²) in [4.78, 5) is 42.7. The van der Waals surface area contributed by atoms with Crippen LogP contribution in [-0.2, 0) is 11.3 Å². The summed E-state index contributed by atoms with van der Waals surface area (Å²) >= 11 is 5.68. The van der Waals surface area contributed by atoms with Crippen molar-refractivity contribution in [2.45, 2.75) is 18.6 Å². The molecule has 0 saturated heterocycles. The maximum absolute atomic E-state index is 13.0. The van der Waals surface area contributed by atoms with Crippen molar-refractivity contribution in [1.29, 1.82) is 0 Å². The summed E-state index contributed by atoms with van der Waals surface area (Å²) in [7, 11) is 0. The third-order valence-corrected chi connectivity index (χ3v) is 7.02. The van der Waals surface area contributed by atoms with Crippen LogP contribution in [-0.4, -0.2) is 27.2 Å². The van der Waals surface area contributed by atoms with Gasteiger partial charge in [0.1, 0.15) is 4.70 Å². The van der Waals surface area contributed by atoms with Crippen molar-refractivity contribution in [2.24, 2.45) is 0 Å². The van der Waals surface area contributed by atoms with Crippen LogP contribution in [0.5, 0.6) is 0 Å². The number of benzene rings is 2. The highest BCUT2D eigenvalue weighted by molar-refractivity contribution is 9.10. The van der Waals surface area contributed by atoms with Crippen LogP contribution in [0.15, 0.2) is 74.4 Å². The molecule has 0 spiro atoms. The van der Waals surface area contributed by atoms with Gasteiger partial charge in [0.2, 0.25) is 5.91 Å². The molecule has 0 atom stereocenters. The fourth-order valence-corrected chi connectivity index (χ4v) is 4.91. The topological polar surface area (TPSA) is 93.1 Å². The molecule has 0 aliphatic carbocycles. The van der Waals surface area contributed by atoms with Crippen molar-refractivity contribution in [3.8, 4) is 0 Å². The predicted octanol–water partition coefficient (Wildman–Crippen LogP) is 4.32. The van der Waals surface area contributed by atoms with E-state index < -0.39 is 5.91 Å². The zero-order valence-electron chi connectivity index (χ0n) is 17.5. The number of aromatic nitrogens is 2. The lowest BCUT2D eigenvalue weighted by Crippen LogP contribution is -2.35. The molecule has 0 fully saturated rings. The van der Waals surface area contributed by atoms with E-state index in [1.54, 1.807) is 35.7 Å². The van der Waals surface area contributed by atoms with E-state index >= 15 is 0 Å². The predicted molar refractivity (Wildman–Crippen MR) is 135 cm³/mol. The molecular formula is C23H19BrN4O3S2. The van der Waals surface area contributed by atoms with Gasteiger partial charge in [0.15, 0.2) is 5.16 Å². The second-order valence-corrected chi connectivity index (χ2v) is 9.95. The van der Waals surface area contributed by atoms with Gasteiger partial charge in [-0.25, -0.2) is 4.98 Å². The standard InChI is InChI=1S/C23H19BrN4O3S2/c1-14-5-7-15(8-6-14)12-25-19(29)13-33-23-26-18-9-10-32-20(18)22(31)28(23)27-21(30)16-3-2-4-17(24)11-16/h2-11H,12-13H2,1H3,(H,25,29)(H,27,30). The van der Waals surface area contributed by atoms with Crippen molar-refractivity contribution in [3.05, 3.63) is 91.5 Å². The summed E-state index contributed by atoms with van der Waals surface area (Å²) in [6.45, 7) is 2.41. The number of hydrogen-bond donors (Lipinski definition) is 2. The van der Waals surface area contributed by atoms with Gasteiger partial charge in [-0.05, 0) is 42.1 Å². The van der Waals surface area contributed by atoms with Crippen molar-refractivity contribution < 1.29 is 9.59 Å². The van der Waals surface area contributed by atoms with Crippen molar-refractivity contribution in [1.82, 2.24) is 15.0 Å². The number of fused-ring (bicyclic) bond motifs is 1. The Morgan fingerprint density at radius 1 is 1.15 bits per heavy atom. The molecule has 2 amide bonds. The SMILES string of the molecule is Cc1ccc(CNC(=O)CSc2nc3ccsc3c(=O)n2NC(=O)c2cccc(Br)c2)cc1. The quantitative estimate of drug-likeness (QED) is 0.268. The maximum atomic E-state index is 13.0. The molecular weight excluding hydrogens is 524 g/mol. The van der Waals surface area contributed by atoms with Crippen LogP contribution in [0.3, 0.4) is 0 Å². The third kappa shape index (κ3) is 5.70. The van der Waals surface area contributed by atoms with Gasteiger partial charge in [-0.3, -0.25) is 19.8 Å². The Balaban J connectivity index is 1.51. The lowest BCUT2D eigenvalue weighted by Gasteiger charge is -2.13. The average molecular weight is 543 g/mol. The van der Waals surface area contributed by atoms with Gasteiger partial charge in [0.05, 0.1) is 11.3 Å². The molecule has 4 rings (SSSR count). The molecule has 2 N–H and O–H groups in total. The number of thiophene rings is 1. The Bertz CT molecular complexity index is 1380. The molecule has 2 aromatic heterocycles. The highest BCUT2D eigenvalue weighted by Crippen LogP contribution is 2.20. The van der Waals surface area contributed by atoms with Crippen LogP contribution in [0.1, 0.15) is 21.5 Å². The van der Waals surface area contributed by atoms with Crippen LogP contribution in [0.25, 0.3) is 10.2 Å². The second kappa shape index (κ2) is 10.3. The number of carbonyl (C=O) groups is 2. The molecule has 2 aromatic carbocycles. The van der Waals surface area contributed by atoms with Crippen molar-refractivity contribution >= 4 is 61.1 Å². The zero-order chi connectivity index (χ0) is 23.4. The van der Waals surface area contributed by atoms with E-state index in [0.29, 0.717) is 22.3 Å². The van der Waals surface area contributed by atoms with Crippen LogP contribution < -0.4 is 16.3 Å². The monoisotopic (exact) mass is 542 g/mol. The van der Waals surface area contributed by atoms with Gasteiger partial charge >= 0.3 is 0 Å². The van der Waals surface area contributed by atoms with Crippen LogP contribution in [0.4, 0.5) is 0 Å². The third-order valence-electron chi connectivity index (χ3n) is 4.69. The Morgan fingerprint density at radius 2 is 1.94 bits per heavy atom. The second-order valence-electron chi connectivity index (χ2n) is 7.17. The molecule has 0 aliphatic rings. The van der Waals surface area contributed by atoms with E-state index in [1.807, 2.05) is 31.2 Å². The number of hydrogen-bond acceptors (Lipinski definition) is 6. The summed E-state index contributed by atoms with van der Waals surface area (Å²) in [5.41, 5.74) is 5.30. The first-order valence-electron chi connectivity index (χ1n) is 9.93. The van der Waals surface area contributed by atoms with Gasteiger partial charge in [0.25, 0.3) is 11.5 Å². The number of nitrogens with one attached hydrogen (secondary N) is 2. The first-order chi connectivity index (χ1) is 15.9. The minimum absolute atomic E-state index is 0.0424. The first kappa shape index (κ1) is 23.2. The number of carbonyl (C=O) groups excluding carboxylic acids is 2. The van der Waals surface area contributed by atoms with E-state index in [0.717, 1.165) is 32.0 Å². The normalized spacial score (nSPS) is 10.8. The molecule has 4 aromatic rings. The summed E-state index contributed by atoms with van der Waals surface area (Å²) < 4.78 is 2.28. The van der Waals surface area contributed by atoms with Crippen molar-refractivity contribution in [2.75, 3.05) is 11.2 Å². The molecule has 33 heavy (non-hydrogen) atoms. The Hall–Kier alpha value is -2.95. The average Bonchev–Trinajstić information content (AvgIpc) is 3.28. The highest BCUT2D eigenvalue weighted by atomic mass is 79.9. The number of aryl methyl sites for hydroxylation is 1. The molecule has 10 heteroatoms. The Labute approximate surface area is 206 Å². The minimum Gasteiger partial charge on any atom is -0.351 e. The molecule has 0 unspecified atom stereocenters. The minimum atomic E-state index is -0.457. The smallest absolute Gasteiger partial charge is 0.291 e. The van der Waals surface area contributed by atoms with Gasteiger partial charge in [-0.1, -0.05) is 63.6 Å². The largest absolute Gasteiger partial charge is 0.351 e. The molecule has 168 valence electrons. The molecule has 2 heterocycles. The maximum Gasteiger partial charge on any atom is 0.291 e. The lowest BCUT2D eigenvalue weighted by atomic mass is 10.1. The fraction of sp³-hybridized carbons (Fsp3) is 0.130. The summed E-state index contributed by atoms with van der Waals surface area (Å²) in [6.07, 6.45) is 0. The number of amides is 2.